The lowest BCUT2D eigenvalue weighted by Gasteiger charge is -2.04. The molecule has 0 spiro atoms. The van der Waals surface area contributed by atoms with E-state index >= 15 is 0 Å². The average molecular weight is 231 g/mol. The van der Waals surface area contributed by atoms with Crippen LogP contribution in [0.1, 0.15) is 11.3 Å². The third kappa shape index (κ3) is 2.31. The number of benzene rings is 1. The van der Waals surface area contributed by atoms with Crippen LogP contribution in [0.2, 0.25) is 0 Å². The van der Waals surface area contributed by atoms with E-state index in [-0.39, 0.29) is 0 Å². The summed E-state index contributed by atoms with van der Waals surface area (Å²) < 4.78 is 5.15. The van der Waals surface area contributed by atoms with Crippen molar-refractivity contribution < 1.29 is 4.74 Å². The highest BCUT2D eigenvalue weighted by Gasteiger charge is 2.11. The lowest BCUT2D eigenvalue weighted by molar-refractivity contribution is 0.415. The molecule has 0 amide bonds. The van der Waals surface area contributed by atoms with E-state index in [0.29, 0.717) is 0 Å². The van der Waals surface area contributed by atoms with Gasteiger partial charge in [0.1, 0.15) is 5.75 Å². The number of aromatic amines is 1. The van der Waals surface area contributed by atoms with Crippen LogP contribution in [0.5, 0.6) is 5.75 Å². The number of nitrogens with zero attached hydrogens (tertiary/aromatic N) is 1. The minimum atomic E-state index is 0.809. The van der Waals surface area contributed by atoms with E-state index in [4.69, 9.17) is 4.74 Å². The van der Waals surface area contributed by atoms with Gasteiger partial charge >= 0.3 is 0 Å². The van der Waals surface area contributed by atoms with E-state index in [2.05, 4.69) is 15.5 Å². The first-order valence-corrected chi connectivity index (χ1v) is 5.59. The first-order chi connectivity index (χ1) is 8.26. The van der Waals surface area contributed by atoms with Crippen molar-refractivity contribution in [2.75, 3.05) is 14.2 Å². The van der Waals surface area contributed by atoms with Crippen molar-refractivity contribution in [2.45, 2.75) is 13.5 Å². The number of ether oxygens (including phenoxy) is 1. The third-order valence-electron chi connectivity index (χ3n) is 2.79. The molecule has 4 heteroatoms. The maximum absolute atomic E-state index is 5.15. The first kappa shape index (κ1) is 11.7. The van der Waals surface area contributed by atoms with Crippen molar-refractivity contribution in [1.29, 1.82) is 0 Å². The molecule has 2 aromatic rings. The molecule has 4 nitrogen and oxygen atoms in total. The van der Waals surface area contributed by atoms with Crippen molar-refractivity contribution in [3.8, 4) is 17.0 Å². The van der Waals surface area contributed by atoms with Gasteiger partial charge in [-0.05, 0) is 38.2 Å². The second-order valence-corrected chi connectivity index (χ2v) is 3.93. The normalized spacial score (nSPS) is 10.5. The SMILES string of the molecule is CNCc1c(-c2ccc(OC)cc2)n[nH]c1C. The number of hydrogen-bond donors (Lipinski definition) is 2. The van der Waals surface area contributed by atoms with Crippen LogP contribution in [-0.2, 0) is 6.54 Å². The molecule has 0 unspecified atom stereocenters. The largest absolute Gasteiger partial charge is 0.497 e. The van der Waals surface area contributed by atoms with Gasteiger partial charge in [0.25, 0.3) is 0 Å². The summed E-state index contributed by atoms with van der Waals surface area (Å²) >= 11 is 0. The molecular weight excluding hydrogens is 214 g/mol. The summed E-state index contributed by atoms with van der Waals surface area (Å²) in [5, 5.41) is 10.5. The molecule has 0 aliphatic carbocycles. The van der Waals surface area contributed by atoms with Crippen LogP contribution in [0.15, 0.2) is 24.3 Å². The molecule has 0 atom stereocenters. The number of rotatable bonds is 4. The molecule has 17 heavy (non-hydrogen) atoms. The summed E-state index contributed by atoms with van der Waals surface area (Å²) in [6.45, 7) is 2.84. The molecule has 90 valence electrons. The Morgan fingerprint density at radius 2 is 2.00 bits per heavy atom. The maximum atomic E-state index is 5.15. The monoisotopic (exact) mass is 231 g/mol. The van der Waals surface area contributed by atoms with Gasteiger partial charge in [-0.25, -0.2) is 0 Å². The predicted octanol–water partition coefficient (Wildman–Crippen LogP) is 2.11. The van der Waals surface area contributed by atoms with Gasteiger partial charge in [-0.15, -0.1) is 0 Å². The zero-order valence-electron chi connectivity index (χ0n) is 10.4. The Balaban J connectivity index is 2.38. The molecule has 0 aliphatic rings. The minimum absolute atomic E-state index is 0.809. The van der Waals surface area contributed by atoms with Gasteiger partial charge in [0.15, 0.2) is 0 Å². The standard InChI is InChI=1S/C13H17N3O/c1-9-12(8-14-2)13(16-15-9)10-4-6-11(17-3)7-5-10/h4-7,14H,8H2,1-3H3,(H,15,16). The lowest BCUT2D eigenvalue weighted by atomic mass is 10.1. The Morgan fingerprint density at radius 1 is 1.29 bits per heavy atom. The quantitative estimate of drug-likeness (QED) is 0.847. The molecule has 0 fully saturated rings. The summed E-state index contributed by atoms with van der Waals surface area (Å²) in [6, 6.07) is 7.94. The van der Waals surface area contributed by atoms with Crippen LogP contribution < -0.4 is 10.1 Å². The molecule has 0 aliphatic heterocycles. The summed E-state index contributed by atoms with van der Waals surface area (Å²) in [5.74, 6) is 0.858. The Bertz CT molecular complexity index is 488. The molecule has 2 N–H and O–H groups in total. The maximum Gasteiger partial charge on any atom is 0.118 e. The lowest BCUT2D eigenvalue weighted by Crippen LogP contribution is -2.06. The highest BCUT2D eigenvalue weighted by atomic mass is 16.5. The molecule has 0 radical (unpaired) electrons. The van der Waals surface area contributed by atoms with E-state index < -0.39 is 0 Å². The topological polar surface area (TPSA) is 49.9 Å². The number of aromatic nitrogens is 2. The van der Waals surface area contributed by atoms with E-state index in [9.17, 15) is 0 Å². The molecule has 0 saturated heterocycles. The van der Waals surface area contributed by atoms with Crippen molar-refractivity contribution in [3.63, 3.8) is 0 Å². The summed E-state index contributed by atoms with van der Waals surface area (Å²) in [6.07, 6.45) is 0. The van der Waals surface area contributed by atoms with Crippen molar-refractivity contribution in [2.24, 2.45) is 0 Å². The highest BCUT2D eigenvalue weighted by Crippen LogP contribution is 2.25. The second-order valence-electron chi connectivity index (χ2n) is 3.93. The number of aryl methyl sites for hydroxylation is 1. The van der Waals surface area contributed by atoms with Gasteiger partial charge in [0.05, 0.1) is 12.8 Å². The fourth-order valence-corrected chi connectivity index (χ4v) is 1.83. The summed E-state index contributed by atoms with van der Waals surface area (Å²) in [7, 11) is 3.60. The number of H-pyrrole nitrogens is 1. The van der Waals surface area contributed by atoms with Gasteiger partial charge in [-0.2, -0.15) is 5.10 Å². The Labute approximate surface area is 101 Å². The zero-order chi connectivity index (χ0) is 12.3. The third-order valence-corrected chi connectivity index (χ3v) is 2.79. The van der Waals surface area contributed by atoms with E-state index in [0.717, 1.165) is 29.2 Å². The summed E-state index contributed by atoms with van der Waals surface area (Å²) in [5.41, 5.74) is 4.41. The van der Waals surface area contributed by atoms with E-state index in [1.807, 2.05) is 38.2 Å². The van der Waals surface area contributed by atoms with Crippen molar-refractivity contribution >= 4 is 0 Å². The molecule has 1 heterocycles. The minimum Gasteiger partial charge on any atom is -0.497 e. The second kappa shape index (κ2) is 5.01. The van der Waals surface area contributed by atoms with Crippen LogP contribution in [-0.4, -0.2) is 24.4 Å². The number of methoxy groups -OCH3 is 1. The molecule has 0 saturated carbocycles. The average Bonchev–Trinajstić information content (AvgIpc) is 2.72. The highest BCUT2D eigenvalue weighted by molar-refractivity contribution is 5.64. The smallest absolute Gasteiger partial charge is 0.118 e. The van der Waals surface area contributed by atoms with Crippen LogP contribution in [0.4, 0.5) is 0 Å². The van der Waals surface area contributed by atoms with Gasteiger partial charge in [-0.1, -0.05) is 0 Å². The Kier molecular flexibility index (Phi) is 3.44. The van der Waals surface area contributed by atoms with Crippen LogP contribution in [0.3, 0.4) is 0 Å². The van der Waals surface area contributed by atoms with Crippen LogP contribution in [0, 0.1) is 6.92 Å². The summed E-state index contributed by atoms with van der Waals surface area (Å²) in [4.78, 5) is 0. The van der Waals surface area contributed by atoms with Gasteiger partial charge in [0, 0.05) is 23.4 Å². The van der Waals surface area contributed by atoms with Gasteiger partial charge in [-0.3, -0.25) is 5.10 Å². The first-order valence-electron chi connectivity index (χ1n) is 5.59. The molecular formula is C13H17N3O. The van der Waals surface area contributed by atoms with E-state index in [1.54, 1.807) is 7.11 Å². The predicted molar refractivity (Wildman–Crippen MR) is 68.1 cm³/mol. The molecule has 1 aromatic heterocycles. The Hall–Kier alpha value is -1.81. The zero-order valence-corrected chi connectivity index (χ0v) is 10.4. The van der Waals surface area contributed by atoms with Crippen molar-refractivity contribution in [1.82, 2.24) is 15.5 Å². The van der Waals surface area contributed by atoms with Gasteiger partial charge in [0.2, 0.25) is 0 Å². The van der Waals surface area contributed by atoms with Crippen LogP contribution >= 0.6 is 0 Å². The fourth-order valence-electron chi connectivity index (χ4n) is 1.83. The van der Waals surface area contributed by atoms with Crippen LogP contribution in [0.25, 0.3) is 11.3 Å². The molecule has 0 bridgehead atoms. The van der Waals surface area contributed by atoms with Crippen molar-refractivity contribution in [3.05, 3.63) is 35.5 Å². The number of hydrogen-bond acceptors (Lipinski definition) is 3. The molecule has 2 rings (SSSR count). The molecule has 1 aromatic carbocycles. The van der Waals surface area contributed by atoms with Gasteiger partial charge < -0.3 is 10.1 Å². The number of nitrogens with one attached hydrogen (secondary N) is 2. The van der Waals surface area contributed by atoms with E-state index in [1.165, 1.54) is 5.56 Å². The Morgan fingerprint density at radius 3 is 2.59 bits per heavy atom. The fraction of sp³-hybridized carbons (Fsp3) is 0.308.